The second-order valence-electron chi connectivity index (χ2n) is 9.61. The van der Waals surface area contributed by atoms with E-state index in [9.17, 15) is 22.8 Å². The zero-order valence-electron chi connectivity index (χ0n) is 20.2. The number of nitrogens with zero attached hydrogens (tertiary/aromatic N) is 4. The molecule has 0 saturated carbocycles. The number of nitrogens with one attached hydrogen (secondary N) is 1. The topological polar surface area (TPSA) is 70.5 Å². The Bertz CT molecular complexity index is 1070. The van der Waals surface area contributed by atoms with E-state index in [2.05, 4.69) is 20.1 Å². The van der Waals surface area contributed by atoms with Gasteiger partial charge in [-0.1, -0.05) is 18.6 Å². The monoisotopic (exact) mass is 493 g/mol. The van der Waals surface area contributed by atoms with Gasteiger partial charge in [0.25, 0.3) is 5.56 Å². The minimum Gasteiger partial charge on any atom is -0.354 e. The number of fused-ring (bicyclic) bond motifs is 1. The van der Waals surface area contributed by atoms with Crippen molar-refractivity contribution in [2.75, 3.05) is 39.3 Å². The Balaban J connectivity index is 1.31. The Morgan fingerprint density at radius 2 is 1.80 bits per heavy atom. The maximum Gasteiger partial charge on any atom is 0.438 e. The van der Waals surface area contributed by atoms with Gasteiger partial charge in [0, 0.05) is 12.6 Å². The Labute approximate surface area is 203 Å². The molecule has 1 atom stereocenters. The molecule has 1 aromatic carbocycles. The van der Waals surface area contributed by atoms with Gasteiger partial charge in [0.05, 0.1) is 11.0 Å². The third kappa shape index (κ3) is 6.03. The molecule has 1 aromatic heterocycles. The average Bonchev–Trinajstić information content (AvgIpc) is 2.86. The number of para-hydroxylation sites is 2. The lowest BCUT2D eigenvalue weighted by molar-refractivity contribution is -0.142. The number of benzene rings is 1. The summed E-state index contributed by atoms with van der Waals surface area (Å²) >= 11 is 0. The van der Waals surface area contributed by atoms with Crippen molar-refractivity contribution in [1.29, 1.82) is 0 Å². The number of likely N-dealkylation sites (tertiary alicyclic amines) is 2. The van der Waals surface area contributed by atoms with E-state index in [0.29, 0.717) is 12.6 Å². The molecule has 2 aromatic rings. The molecule has 10 heteroatoms. The summed E-state index contributed by atoms with van der Waals surface area (Å²) in [6, 6.07) is 5.64. The highest BCUT2D eigenvalue weighted by Gasteiger charge is 2.38. The number of hydrogen-bond donors (Lipinski definition) is 1. The molecular weight excluding hydrogens is 459 g/mol. The van der Waals surface area contributed by atoms with Gasteiger partial charge >= 0.3 is 6.18 Å². The van der Waals surface area contributed by atoms with E-state index in [1.807, 2.05) is 0 Å². The van der Waals surface area contributed by atoms with Crippen molar-refractivity contribution in [2.45, 2.75) is 63.7 Å². The zero-order chi connectivity index (χ0) is 25.0. The van der Waals surface area contributed by atoms with Crippen molar-refractivity contribution in [2.24, 2.45) is 0 Å². The second kappa shape index (κ2) is 11.1. The summed E-state index contributed by atoms with van der Waals surface area (Å²) in [6.07, 6.45) is 2.13. The molecule has 0 spiro atoms. The van der Waals surface area contributed by atoms with Gasteiger partial charge in [-0.2, -0.15) is 13.2 Å². The summed E-state index contributed by atoms with van der Waals surface area (Å²) < 4.78 is 41.1. The molecule has 3 heterocycles. The third-order valence-corrected chi connectivity index (χ3v) is 7.24. The predicted molar refractivity (Wildman–Crippen MR) is 128 cm³/mol. The standard InChI is InChI=1S/C25H34F3N5O2/c1-18(33-21-9-4-3-8-20(21)30-22(24(33)35)25(26,27)28)23(34)29-12-7-13-31-16-10-19(11-17-31)32-14-5-2-6-15-32/h3-4,8-9,18-19H,2,5-7,10-17H2,1H3,(H,29,34). The number of aromatic nitrogens is 2. The molecule has 1 N–H and O–H groups in total. The summed E-state index contributed by atoms with van der Waals surface area (Å²) in [7, 11) is 0. The molecule has 0 radical (unpaired) electrons. The van der Waals surface area contributed by atoms with E-state index >= 15 is 0 Å². The van der Waals surface area contributed by atoms with Crippen LogP contribution in [0.2, 0.25) is 0 Å². The lowest BCUT2D eigenvalue weighted by Gasteiger charge is -2.40. The highest BCUT2D eigenvalue weighted by Crippen LogP contribution is 2.27. The Kier molecular flexibility index (Phi) is 8.11. The van der Waals surface area contributed by atoms with E-state index in [1.54, 1.807) is 12.1 Å². The predicted octanol–water partition coefficient (Wildman–Crippen LogP) is 3.43. The van der Waals surface area contributed by atoms with Crippen LogP contribution in [0.15, 0.2) is 29.1 Å². The molecule has 1 amide bonds. The normalized spacial score (nSPS) is 19.7. The van der Waals surface area contributed by atoms with Crippen LogP contribution in [0.25, 0.3) is 11.0 Å². The van der Waals surface area contributed by atoms with Crippen LogP contribution in [0.1, 0.15) is 57.2 Å². The van der Waals surface area contributed by atoms with Crippen molar-refractivity contribution in [3.63, 3.8) is 0 Å². The van der Waals surface area contributed by atoms with Crippen molar-refractivity contribution in [3.8, 4) is 0 Å². The molecule has 35 heavy (non-hydrogen) atoms. The molecule has 0 bridgehead atoms. The van der Waals surface area contributed by atoms with Crippen molar-refractivity contribution in [3.05, 3.63) is 40.3 Å². The summed E-state index contributed by atoms with van der Waals surface area (Å²) in [5.74, 6) is -0.486. The molecule has 0 aliphatic carbocycles. The number of halogens is 3. The number of piperidine rings is 2. The van der Waals surface area contributed by atoms with E-state index < -0.39 is 29.4 Å². The number of amides is 1. The van der Waals surface area contributed by atoms with Crippen LogP contribution in [0.5, 0.6) is 0 Å². The Hall–Kier alpha value is -2.46. The minimum atomic E-state index is -4.90. The lowest BCUT2D eigenvalue weighted by atomic mass is 10.00. The van der Waals surface area contributed by atoms with Crippen LogP contribution in [-0.4, -0.2) is 70.6 Å². The maximum absolute atomic E-state index is 13.4. The van der Waals surface area contributed by atoms with Crippen LogP contribution in [0.4, 0.5) is 13.2 Å². The van der Waals surface area contributed by atoms with Gasteiger partial charge < -0.3 is 15.1 Å². The average molecular weight is 494 g/mol. The van der Waals surface area contributed by atoms with Gasteiger partial charge in [-0.15, -0.1) is 0 Å². The van der Waals surface area contributed by atoms with Gasteiger partial charge in [0.2, 0.25) is 11.6 Å². The van der Waals surface area contributed by atoms with Gasteiger partial charge in [-0.05, 0) is 83.9 Å². The van der Waals surface area contributed by atoms with Gasteiger partial charge in [-0.25, -0.2) is 4.98 Å². The van der Waals surface area contributed by atoms with Crippen molar-refractivity contribution in [1.82, 2.24) is 24.7 Å². The summed E-state index contributed by atoms with van der Waals surface area (Å²) in [5, 5.41) is 2.80. The Morgan fingerprint density at radius 1 is 1.11 bits per heavy atom. The quantitative estimate of drug-likeness (QED) is 0.599. The SMILES string of the molecule is CC(C(=O)NCCCN1CCC(N2CCCCC2)CC1)n1c(=O)c(C(F)(F)F)nc2ccccc21. The smallest absolute Gasteiger partial charge is 0.354 e. The molecular formula is C25H34F3N5O2. The van der Waals surface area contributed by atoms with Gasteiger partial charge in [0.15, 0.2) is 0 Å². The number of hydrogen-bond acceptors (Lipinski definition) is 5. The van der Waals surface area contributed by atoms with E-state index in [0.717, 1.165) is 30.6 Å². The molecule has 2 aliphatic rings. The van der Waals surface area contributed by atoms with Crippen LogP contribution in [-0.2, 0) is 11.0 Å². The van der Waals surface area contributed by atoms with Gasteiger partial charge in [0.1, 0.15) is 6.04 Å². The molecule has 1 unspecified atom stereocenters. The van der Waals surface area contributed by atoms with Gasteiger partial charge in [-0.3, -0.25) is 14.2 Å². The van der Waals surface area contributed by atoms with E-state index in [4.69, 9.17) is 0 Å². The molecule has 4 rings (SSSR count). The first-order valence-corrected chi connectivity index (χ1v) is 12.6. The maximum atomic E-state index is 13.4. The Morgan fingerprint density at radius 3 is 2.49 bits per heavy atom. The number of carbonyl (C=O) groups excluding carboxylic acids is 1. The van der Waals surface area contributed by atoms with E-state index in [1.165, 1.54) is 64.3 Å². The summed E-state index contributed by atoms with van der Waals surface area (Å²) in [6.45, 7) is 7.23. The first-order chi connectivity index (χ1) is 16.8. The summed E-state index contributed by atoms with van der Waals surface area (Å²) in [4.78, 5) is 34.0. The van der Waals surface area contributed by atoms with Crippen LogP contribution in [0.3, 0.4) is 0 Å². The molecule has 2 fully saturated rings. The number of carbonyl (C=O) groups is 1. The van der Waals surface area contributed by atoms with Crippen molar-refractivity contribution >= 4 is 16.9 Å². The fourth-order valence-electron chi connectivity index (χ4n) is 5.29. The highest BCUT2D eigenvalue weighted by molar-refractivity contribution is 5.83. The number of rotatable bonds is 7. The van der Waals surface area contributed by atoms with Crippen LogP contribution in [0, 0.1) is 0 Å². The second-order valence-corrected chi connectivity index (χ2v) is 9.61. The number of alkyl halides is 3. The zero-order valence-corrected chi connectivity index (χ0v) is 20.2. The third-order valence-electron chi connectivity index (χ3n) is 7.24. The molecule has 2 saturated heterocycles. The molecule has 2 aliphatic heterocycles. The van der Waals surface area contributed by atoms with Crippen LogP contribution >= 0.6 is 0 Å². The van der Waals surface area contributed by atoms with E-state index in [-0.39, 0.29) is 11.0 Å². The first kappa shape index (κ1) is 25.6. The first-order valence-electron chi connectivity index (χ1n) is 12.6. The lowest BCUT2D eigenvalue weighted by Crippen LogP contribution is -2.47. The molecule has 7 nitrogen and oxygen atoms in total. The molecule has 192 valence electrons. The largest absolute Gasteiger partial charge is 0.438 e. The minimum absolute atomic E-state index is 0.0204. The van der Waals surface area contributed by atoms with Crippen LogP contribution < -0.4 is 10.9 Å². The van der Waals surface area contributed by atoms with Crippen molar-refractivity contribution < 1.29 is 18.0 Å². The fourth-order valence-corrected chi connectivity index (χ4v) is 5.29. The highest BCUT2D eigenvalue weighted by atomic mass is 19.4. The summed E-state index contributed by atoms with van der Waals surface area (Å²) in [5.41, 5.74) is -2.60. The fraction of sp³-hybridized carbons (Fsp3) is 0.640.